The number of hydrogen-bond donors (Lipinski definition) is 3. The summed E-state index contributed by atoms with van der Waals surface area (Å²) < 4.78 is 4.99. The molecule has 3 heterocycles. The molecule has 1 fully saturated rings. The summed E-state index contributed by atoms with van der Waals surface area (Å²) in [5, 5.41) is 15.2. The number of thiazole rings is 1. The van der Waals surface area contributed by atoms with Gasteiger partial charge in [-0.15, -0.1) is 11.8 Å². The molecule has 2 aliphatic heterocycles. The lowest BCUT2D eigenvalue weighted by Gasteiger charge is -2.49. The van der Waals surface area contributed by atoms with Crippen molar-refractivity contribution in [2.75, 3.05) is 25.2 Å². The number of nitrogens with zero attached hydrogens (tertiary/aromatic N) is 3. The maximum atomic E-state index is 12.8. The van der Waals surface area contributed by atoms with Crippen LogP contribution in [0.3, 0.4) is 0 Å². The molecule has 3 rings (SSSR count). The standard InChI is InChI=1S/C16H16ClN5O7S2/c1-5(23)29-3-6-4-30-14-9(13(25)22(14)10(6)15(26)27)19-12(24)8(21-28-2)7-11(17)31-16(18)20-7/h9,14H,3-4H2,1-2H3,(H2,18,20)(H,19,24)(H,26,27)/t9-,14-/m1/s1. The molecule has 2 aliphatic rings. The lowest BCUT2D eigenvalue weighted by Crippen LogP contribution is -2.71. The van der Waals surface area contributed by atoms with E-state index in [4.69, 9.17) is 22.1 Å². The number of nitrogens with one attached hydrogen (secondary N) is 1. The van der Waals surface area contributed by atoms with Gasteiger partial charge in [0.15, 0.2) is 10.8 Å². The first-order valence-electron chi connectivity index (χ1n) is 8.53. The van der Waals surface area contributed by atoms with E-state index in [1.807, 2.05) is 0 Å². The highest BCUT2D eigenvalue weighted by molar-refractivity contribution is 8.00. The second kappa shape index (κ2) is 9.11. The van der Waals surface area contributed by atoms with Crippen LogP contribution in [0.1, 0.15) is 12.6 Å². The van der Waals surface area contributed by atoms with Crippen LogP contribution in [0.4, 0.5) is 5.13 Å². The maximum absolute atomic E-state index is 12.8. The molecule has 0 aromatic carbocycles. The Morgan fingerprint density at radius 2 is 2.16 bits per heavy atom. The number of aromatic nitrogens is 1. The van der Waals surface area contributed by atoms with Crippen LogP contribution in [0.25, 0.3) is 0 Å². The molecule has 12 nitrogen and oxygen atoms in total. The van der Waals surface area contributed by atoms with Gasteiger partial charge in [-0.3, -0.25) is 19.3 Å². The Morgan fingerprint density at radius 3 is 2.71 bits per heavy atom. The highest BCUT2D eigenvalue weighted by atomic mass is 35.5. The largest absolute Gasteiger partial charge is 0.477 e. The number of anilines is 1. The Balaban J connectivity index is 1.79. The van der Waals surface area contributed by atoms with E-state index in [1.54, 1.807) is 0 Å². The minimum atomic E-state index is -1.34. The summed E-state index contributed by atoms with van der Waals surface area (Å²) >= 11 is 8.20. The molecule has 0 bridgehead atoms. The number of carboxylic acids is 1. The van der Waals surface area contributed by atoms with Crippen molar-refractivity contribution in [1.82, 2.24) is 15.2 Å². The molecule has 0 saturated carbocycles. The molecule has 1 saturated heterocycles. The number of esters is 1. The summed E-state index contributed by atoms with van der Waals surface area (Å²) in [6, 6.07) is -1.01. The number of nitrogens with two attached hydrogens (primary N) is 1. The number of oxime groups is 1. The van der Waals surface area contributed by atoms with Crippen molar-refractivity contribution in [3.8, 4) is 0 Å². The number of fused-ring (bicyclic) bond motifs is 1. The second-order valence-electron chi connectivity index (χ2n) is 6.20. The van der Waals surface area contributed by atoms with Gasteiger partial charge in [-0.1, -0.05) is 28.1 Å². The zero-order valence-electron chi connectivity index (χ0n) is 16.1. The summed E-state index contributed by atoms with van der Waals surface area (Å²) in [5.41, 5.74) is 5.34. The first-order chi connectivity index (χ1) is 14.6. The highest BCUT2D eigenvalue weighted by Gasteiger charge is 2.54. The van der Waals surface area contributed by atoms with E-state index in [0.29, 0.717) is 0 Å². The fraction of sp³-hybridized carbons (Fsp3) is 0.375. The van der Waals surface area contributed by atoms with E-state index >= 15 is 0 Å². The molecule has 15 heteroatoms. The molecule has 1 aromatic rings. The highest BCUT2D eigenvalue weighted by Crippen LogP contribution is 2.40. The van der Waals surface area contributed by atoms with E-state index in [9.17, 15) is 24.3 Å². The number of carbonyl (C=O) groups is 4. The Kier molecular flexibility index (Phi) is 6.71. The lowest BCUT2D eigenvalue weighted by atomic mass is 10.0. The quantitative estimate of drug-likeness (QED) is 0.205. The zero-order chi connectivity index (χ0) is 22.9. The number of nitrogen functional groups attached to an aromatic ring is 1. The summed E-state index contributed by atoms with van der Waals surface area (Å²) in [7, 11) is 1.22. The summed E-state index contributed by atoms with van der Waals surface area (Å²) in [6.45, 7) is 0.952. The van der Waals surface area contributed by atoms with Gasteiger partial charge in [0.1, 0.15) is 40.9 Å². The van der Waals surface area contributed by atoms with E-state index < -0.39 is 35.2 Å². The van der Waals surface area contributed by atoms with Gasteiger partial charge >= 0.3 is 11.9 Å². The average Bonchev–Trinajstić information content (AvgIpc) is 3.04. The van der Waals surface area contributed by atoms with Crippen molar-refractivity contribution in [3.63, 3.8) is 0 Å². The van der Waals surface area contributed by atoms with Crippen LogP contribution < -0.4 is 11.1 Å². The fourth-order valence-electron chi connectivity index (χ4n) is 2.94. The van der Waals surface area contributed by atoms with Crippen molar-refractivity contribution >= 4 is 69.3 Å². The summed E-state index contributed by atoms with van der Waals surface area (Å²) in [5.74, 6) is -3.14. The minimum Gasteiger partial charge on any atom is -0.477 e. The van der Waals surface area contributed by atoms with Crippen molar-refractivity contribution in [1.29, 1.82) is 0 Å². The second-order valence-corrected chi connectivity index (χ2v) is 8.93. The van der Waals surface area contributed by atoms with Gasteiger partial charge in [-0.2, -0.15) is 0 Å². The lowest BCUT2D eigenvalue weighted by molar-refractivity contribution is -0.150. The van der Waals surface area contributed by atoms with Crippen molar-refractivity contribution < 1.29 is 33.9 Å². The average molecular weight is 490 g/mol. The number of ether oxygens (including phenoxy) is 1. The zero-order valence-corrected chi connectivity index (χ0v) is 18.5. The van der Waals surface area contributed by atoms with Crippen LogP contribution >= 0.6 is 34.7 Å². The maximum Gasteiger partial charge on any atom is 0.352 e. The van der Waals surface area contributed by atoms with Gasteiger partial charge in [-0.05, 0) is 0 Å². The SMILES string of the molecule is CON=C(C(=O)N[C@@H]1C(=O)N2C(C(=O)O)=C(COC(C)=O)CS[C@H]12)c1nc(N)sc1Cl. The topological polar surface area (TPSA) is 174 Å². The molecule has 166 valence electrons. The first kappa shape index (κ1) is 22.8. The van der Waals surface area contributed by atoms with Crippen molar-refractivity contribution in [3.05, 3.63) is 21.3 Å². The van der Waals surface area contributed by atoms with Gasteiger partial charge in [0.05, 0.1) is 0 Å². The number of amides is 2. The number of halogens is 1. The van der Waals surface area contributed by atoms with Crippen LogP contribution in [0.15, 0.2) is 16.4 Å². The number of carbonyl (C=O) groups excluding carboxylic acids is 3. The molecule has 0 aliphatic carbocycles. The number of aliphatic carboxylic acids is 1. The van der Waals surface area contributed by atoms with Crippen LogP contribution in [-0.2, 0) is 28.8 Å². The van der Waals surface area contributed by atoms with Gasteiger partial charge in [0.2, 0.25) is 0 Å². The molecule has 0 radical (unpaired) electrons. The van der Waals surface area contributed by atoms with E-state index in [-0.39, 0.29) is 44.5 Å². The number of β-lactam (4-membered cyclic amide) rings is 1. The molecule has 0 spiro atoms. The molecular formula is C16H16ClN5O7S2. The Bertz CT molecular complexity index is 1020. The van der Waals surface area contributed by atoms with Gasteiger partial charge < -0.3 is 25.7 Å². The molecule has 4 N–H and O–H groups in total. The normalized spacial score (nSPS) is 20.7. The molecular weight excluding hydrogens is 474 g/mol. The fourth-order valence-corrected chi connectivity index (χ4v) is 5.20. The third-order valence-electron chi connectivity index (χ3n) is 4.21. The first-order valence-corrected chi connectivity index (χ1v) is 10.8. The Morgan fingerprint density at radius 1 is 1.45 bits per heavy atom. The van der Waals surface area contributed by atoms with E-state index in [0.717, 1.165) is 16.2 Å². The van der Waals surface area contributed by atoms with E-state index in [1.165, 1.54) is 25.8 Å². The Hall–Kier alpha value is -2.84. The minimum absolute atomic E-state index is 0.00164. The number of carboxylic acid groups (broad SMARTS) is 1. The van der Waals surface area contributed by atoms with Crippen LogP contribution in [0.2, 0.25) is 4.34 Å². The van der Waals surface area contributed by atoms with Crippen LogP contribution in [-0.4, -0.2) is 75.3 Å². The van der Waals surface area contributed by atoms with Gasteiger partial charge in [0.25, 0.3) is 11.8 Å². The third-order valence-corrected chi connectivity index (χ3v) is 6.63. The predicted molar refractivity (Wildman–Crippen MR) is 111 cm³/mol. The number of thioether (sulfide) groups is 1. The molecule has 2 atom stereocenters. The number of rotatable bonds is 7. The smallest absolute Gasteiger partial charge is 0.352 e. The number of hydrogen-bond acceptors (Lipinski definition) is 11. The van der Waals surface area contributed by atoms with Crippen molar-refractivity contribution in [2.45, 2.75) is 18.3 Å². The van der Waals surface area contributed by atoms with Crippen molar-refractivity contribution in [2.24, 2.45) is 5.16 Å². The summed E-state index contributed by atoms with van der Waals surface area (Å²) in [4.78, 5) is 57.9. The van der Waals surface area contributed by atoms with E-state index in [2.05, 4.69) is 20.3 Å². The Labute approximate surface area is 188 Å². The summed E-state index contributed by atoms with van der Waals surface area (Å²) in [6.07, 6.45) is 0. The predicted octanol–water partition coefficient (Wildman–Crippen LogP) is 0.0309. The molecule has 2 amide bonds. The monoisotopic (exact) mass is 489 g/mol. The van der Waals surface area contributed by atoms with Gasteiger partial charge in [-0.25, -0.2) is 9.78 Å². The van der Waals surface area contributed by atoms with Gasteiger partial charge in [0, 0.05) is 18.2 Å². The molecule has 0 unspecified atom stereocenters. The third kappa shape index (κ3) is 4.45. The molecule has 31 heavy (non-hydrogen) atoms. The molecule has 1 aromatic heterocycles. The van der Waals surface area contributed by atoms with Crippen LogP contribution in [0.5, 0.6) is 0 Å². The van der Waals surface area contributed by atoms with Crippen LogP contribution in [0, 0.1) is 0 Å².